The first-order valence-electron chi connectivity index (χ1n) is 5.90. The van der Waals surface area contributed by atoms with Crippen LogP contribution in [0, 0.1) is 0 Å². The van der Waals surface area contributed by atoms with Crippen molar-refractivity contribution in [1.29, 1.82) is 0 Å². The van der Waals surface area contributed by atoms with Crippen LogP contribution >= 0.6 is 23.4 Å². The topological polar surface area (TPSA) is 17.1 Å². The molecule has 0 aliphatic heterocycles. The van der Waals surface area contributed by atoms with E-state index in [9.17, 15) is 4.79 Å². The predicted molar refractivity (Wildman–Crippen MR) is 85.3 cm³/mol. The van der Waals surface area contributed by atoms with Crippen LogP contribution in [0.2, 0.25) is 0 Å². The third-order valence-electron chi connectivity index (χ3n) is 2.38. The summed E-state index contributed by atoms with van der Waals surface area (Å²) >= 11 is 7.86. The van der Waals surface area contributed by atoms with E-state index in [2.05, 4.69) is 18.9 Å². The van der Waals surface area contributed by atoms with Gasteiger partial charge in [0.1, 0.15) is 5.78 Å². The highest BCUT2D eigenvalue weighted by molar-refractivity contribution is 8.03. The Kier molecular flexibility index (Phi) is 6.17. The molecule has 19 heavy (non-hydrogen) atoms. The third-order valence-corrected chi connectivity index (χ3v) is 3.95. The molecule has 0 aromatic rings. The van der Waals surface area contributed by atoms with Crippen molar-refractivity contribution >= 4 is 29.1 Å². The molecule has 0 aromatic heterocycles. The Morgan fingerprint density at radius 2 is 2.21 bits per heavy atom. The molecule has 1 aliphatic carbocycles. The van der Waals surface area contributed by atoms with Crippen LogP contribution in [0.5, 0.6) is 0 Å². The van der Waals surface area contributed by atoms with Crippen molar-refractivity contribution in [2.24, 2.45) is 0 Å². The van der Waals surface area contributed by atoms with Gasteiger partial charge in [-0.1, -0.05) is 24.8 Å². The van der Waals surface area contributed by atoms with E-state index in [0.29, 0.717) is 17.2 Å². The molecule has 0 N–H and O–H groups in total. The molecular formula is C16H17ClOS. The molecule has 0 bridgehead atoms. The van der Waals surface area contributed by atoms with Gasteiger partial charge in [-0.05, 0) is 48.1 Å². The molecule has 3 heteroatoms. The number of carbonyl (C=O) groups is 1. The van der Waals surface area contributed by atoms with Gasteiger partial charge < -0.3 is 0 Å². The average Bonchev–Trinajstić information content (AvgIpc) is 2.35. The Bertz CT molecular complexity index is 543. The van der Waals surface area contributed by atoms with Crippen molar-refractivity contribution < 1.29 is 4.79 Å². The molecule has 1 rings (SSSR count). The lowest BCUT2D eigenvalue weighted by Crippen LogP contribution is -1.97. The molecule has 0 spiro atoms. The molecule has 0 saturated carbocycles. The summed E-state index contributed by atoms with van der Waals surface area (Å²) in [5, 5.41) is 0.608. The van der Waals surface area contributed by atoms with E-state index < -0.39 is 0 Å². The number of thioether (sulfide) groups is 1. The first kappa shape index (κ1) is 15.8. The van der Waals surface area contributed by atoms with Crippen molar-refractivity contribution in [3.05, 3.63) is 63.8 Å². The largest absolute Gasteiger partial charge is 0.299 e. The van der Waals surface area contributed by atoms with Crippen molar-refractivity contribution in [1.82, 2.24) is 0 Å². The monoisotopic (exact) mass is 292 g/mol. The number of halogens is 1. The number of rotatable bonds is 4. The lowest BCUT2D eigenvalue weighted by Gasteiger charge is -2.13. The number of allylic oxidation sites excluding steroid dienone is 7. The second kappa shape index (κ2) is 7.40. The van der Waals surface area contributed by atoms with Crippen LogP contribution < -0.4 is 0 Å². The Morgan fingerprint density at radius 1 is 1.53 bits per heavy atom. The van der Waals surface area contributed by atoms with E-state index in [0.717, 1.165) is 21.6 Å². The number of hydrogen-bond donors (Lipinski definition) is 0. The minimum Gasteiger partial charge on any atom is -0.299 e. The van der Waals surface area contributed by atoms with Gasteiger partial charge in [0.15, 0.2) is 0 Å². The van der Waals surface area contributed by atoms with Crippen LogP contribution in [0.1, 0.15) is 20.3 Å². The average molecular weight is 293 g/mol. The summed E-state index contributed by atoms with van der Waals surface area (Å²) in [5.41, 5.74) is 5.64. The SMILES string of the molecule is C=C1C=C=CC/C(SCC(C)=O)=C(/C(=C)C)C(Cl)=C1. The predicted octanol–water partition coefficient (Wildman–Crippen LogP) is 4.93. The highest BCUT2D eigenvalue weighted by Crippen LogP contribution is 2.34. The van der Waals surface area contributed by atoms with Gasteiger partial charge in [0.2, 0.25) is 0 Å². The van der Waals surface area contributed by atoms with E-state index >= 15 is 0 Å². The van der Waals surface area contributed by atoms with Crippen molar-refractivity contribution in [3.8, 4) is 0 Å². The van der Waals surface area contributed by atoms with E-state index in [-0.39, 0.29) is 5.78 Å². The first-order valence-corrected chi connectivity index (χ1v) is 7.27. The van der Waals surface area contributed by atoms with E-state index in [1.54, 1.807) is 19.1 Å². The van der Waals surface area contributed by atoms with Crippen LogP contribution in [0.3, 0.4) is 0 Å². The zero-order valence-electron chi connectivity index (χ0n) is 11.3. The van der Waals surface area contributed by atoms with E-state index in [1.807, 2.05) is 13.0 Å². The maximum atomic E-state index is 11.2. The number of Topliss-reactive ketones (excluding diaryl/α,β-unsaturated/α-hetero) is 1. The molecule has 0 saturated heterocycles. The fourth-order valence-corrected chi connectivity index (χ4v) is 3.07. The molecule has 0 unspecified atom stereocenters. The van der Waals surface area contributed by atoms with Gasteiger partial charge in [-0.15, -0.1) is 17.5 Å². The van der Waals surface area contributed by atoms with E-state index in [4.69, 9.17) is 11.6 Å². The minimum absolute atomic E-state index is 0.141. The molecule has 1 nitrogen and oxygen atoms in total. The molecule has 0 fully saturated rings. The zero-order valence-corrected chi connectivity index (χ0v) is 12.8. The molecule has 100 valence electrons. The van der Waals surface area contributed by atoms with E-state index in [1.165, 1.54) is 11.8 Å². The van der Waals surface area contributed by atoms with Crippen LogP contribution in [-0.4, -0.2) is 11.5 Å². The molecule has 0 radical (unpaired) electrons. The lowest BCUT2D eigenvalue weighted by atomic mass is 10.1. The minimum atomic E-state index is 0.141. The summed E-state index contributed by atoms with van der Waals surface area (Å²) in [6, 6.07) is 0. The molecule has 0 amide bonds. The standard InChI is InChI=1S/C16H17ClOS/c1-11(2)16-14(17)9-12(3)7-5-6-8-15(16)19-10-13(4)18/h6-7,9H,1,3,8,10H2,2,4H3/b14-9?,16-15+. The smallest absolute Gasteiger partial charge is 0.140 e. The van der Waals surface area contributed by atoms with Gasteiger partial charge in [0, 0.05) is 17.0 Å². The van der Waals surface area contributed by atoms with Crippen LogP contribution in [0.25, 0.3) is 0 Å². The summed E-state index contributed by atoms with van der Waals surface area (Å²) in [7, 11) is 0. The molecule has 0 atom stereocenters. The van der Waals surface area contributed by atoms with Crippen molar-refractivity contribution in [2.75, 3.05) is 5.75 Å². The molecule has 0 heterocycles. The van der Waals surface area contributed by atoms with Crippen LogP contribution in [0.4, 0.5) is 0 Å². The number of hydrogen-bond acceptors (Lipinski definition) is 2. The van der Waals surface area contributed by atoms with Crippen LogP contribution in [0.15, 0.2) is 63.8 Å². The Labute approximate surface area is 124 Å². The van der Waals surface area contributed by atoms with Gasteiger partial charge >= 0.3 is 0 Å². The molecule has 1 aliphatic rings. The Balaban J connectivity index is 3.26. The summed E-state index contributed by atoms with van der Waals surface area (Å²) in [5.74, 6) is 0.580. The second-order valence-electron chi connectivity index (χ2n) is 4.36. The van der Waals surface area contributed by atoms with Gasteiger partial charge in [0.05, 0.1) is 5.75 Å². The van der Waals surface area contributed by atoms with Crippen molar-refractivity contribution in [2.45, 2.75) is 20.3 Å². The quantitative estimate of drug-likeness (QED) is 0.683. The number of ketones is 1. The van der Waals surface area contributed by atoms with Crippen LogP contribution in [-0.2, 0) is 4.79 Å². The summed E-state index contributed by atoms with van der Waals surface area (Å²) in [6.45, 7) is 11.4. The van der Waals surface area contributed by atoms with Gasteiger partial charge in [-0.2, -0.15) is 0 Å². The lowest BCUT2D eigenvalue weighted by molar-refractivity contribution is -0.114. The molecular weight excluding hydrogens is 276 g/mol. The summed E-state index contributed by atoms with van der Waals surface area (Å²) < 4.78 is 0. The fourth-order valence-electron chi connectivity index (χ4n) is 1.59. The summed E-state index contributed by atoms with van der Waals surface area (Å²) in [6.07, 6.45) is 6.19. The summed E-state index contributed by atoms with van der Waals surface area (Å²) in [4.78, 5) is 12.2. The highest BCUT2D eigenvalue weighted by Gasteiger charge is 2.13. The number of carbonyl (C=O) groups excluding carboxylic acids is 1. The van der Waals surface area contributed by atoms with Gasteiger partial charge in [-0.25, -0.2) is 0 Å². The molecule has 0 aromatic carbocycles. The third kappa shape index (κ3) is 5.12. The van der Waals surface area contributed by atoms with Gasteiger partial charge in [0.25, 0.3) is 0 Å². The first-order chi connectivity index (χ1) is 8.91. The fraction of sp³-hybridized carbons (Fsp3) is 0.250. The Morgan fingerprint density at radius 3 is 2.79 bits per heavy atom. The normalized spacial score (nSPS) is 19.5. The zero-order chi connectivity index (χ0) is 14.4. The highest BCUT2D eigenvalue weighted by atomic mass is 35.5. The maximum absolute atomic E-state index is 11.2. The Hall–Kier alpha value is -1.21. The maximum Gasteiger partial charge on any atom is 0.140 e. The second-order valence-corrected chi connectivity index (χ2v) is 5.83. The van der Waals surface area contributed by atoms with Crippen molar-refractivity contribution in [3.63, 3.8) is 0 Å². The van der Waals surface area contributed by atoms with Gasteiger partial charge in [-0.3, -0.25) is 4.79 Å².